The van der Waals surface area contributed by atoms with Crippen molar-refractivity contribution in [2.24, 2.45) is 5.73 Å². The summed E-state index contributed by atoms with van der Waals surface area (Å²) in [5.41, 5.74) is 6.93. The Labute approximate surface area is 113 Å². The number of thiazole rings is 1. The molecule has 0 unspecified atom stereocenters. The van der Waals surface area contributed by atoms with Gasteiger partial charge in [0.15, 0.2) is 10.8 Å². The number of hydrogen-bond donors (Lipinski definition) is 1. The molecule has 0 saturated heterocycles. The van der Waals surface area contributed by atoms with E-state index < -0.39 is 0 Å². The molecular weight excluding hydrogens is 264 g/mol. The maximum absolute atomic E-state index is 5.85. The first-order chi connectivity index (χ1) is 8.79. The molecule has 0 atom stereocenters. The summed E-state index contributed by atoms with van der Waals surface area (Å²) >= 11 is 3.40. The van der Waals surface area contributed by atoms with Crippen LogP contribution in [0, 0.1) is 0 Å². The Morgan fingerprint density at radius 2 is 2.28 bits per heavy atom. The monoisotopic (exact) mass is 278 g/mol. The molecular formula is C12H14N4S2. The topological polar surface area (TPSA) is 46.6 Å². The molecule has 0 aliphatic heterocycles. The third kappa shape index (κ3) is 1.92. The van der Waals surface area contributed by atoms with Crippen LogP contribution >= 0.6 is 22.7 Å². The third-order valence-electron chi connectivity index (χ3n) is 2.87. The minimum absolute atomic E-state index is 0.502. The van der Waals surface area contributed by atoms with Gasteiger partial charge in [-0.1, -0.05) is 6.07 Å². The van der Waals surface area contributed by atoms with Crippen LogP contribution in [-0.2, 0) is 13.1 Å². The molecule has 0 aliphatic rings. The average Bonchev–Trinajstić information content (AvgIpc) is 3.03. The Bertz CT molecular complexity index is 638. The molecule has 4 nitrogen and oxygen atoms in total. The summed E-state index contributed by atoms with van der Waals surface area (Å²) in [5, 5.41) is 4.13. The Hall–Kier alpha value is -1.37. The van der Waals surface area contributed by atoms with Gasteiger partial charge in [-0.25, -0.2) is 4.98 Å². The summed E-state index contributed by atoms with van der Waals surface area (Å²) < 4.78 is 2.07. The van der Waals surface area contributed by atoms with Crippen molar-refractivity contribution in [3.8, 4) is 0 Å². The van der Waals surface area contributed by atoms with Crippen LogP contribution < -0.4 is 10.6 Å². The Kier molecular flexibility index (Phi) is 3.07. The molecule has 6 heteroatoms. The normalized spacial score (nSPS) is 11.2. The van der Waals surface area contributed by atoms with Crippen LogP contribution in [-0.4, -0.2) is 16.4 Å². The molecule has 3 rings (SSSR count). The lowest BCUT2D eigenvalue weighted by Crippen LogP contribution is -2.18. The van der Waals surface area contributed by atoms with E-state index in [4.69, 9.17) is 5.73 Å². The van der Waals surface area contributed by atoms with E-state index in [1.54, 1.807) is 22.7 Å². The number of aromatic nitrogens is 2. The number of rotatable bonds is 4. The van der Waals surface area contributed by atoms with Crippen molar-refractivity contribution in [1.82, 2.24) is 9.38 Å². The van der Waals surface area contributed by atoms with E-state index in [1.165, 1.54) is 4.88 Å². The summed E-state index contributed by atoms with van der Waals surface area (Å²) in [6.45, 7) is 1.37. The first-order valence-corrected chi connectivity index (χ1v) is 7.43. The van der Waals surface area contributed by atoms with E-state index >= 15 is 0 Å². The minimum Gasteiger partial charge on any atom is -0.353 e. The van der Waals surface area contributed by atoms with Gasteiger partial charge in [-0.3, -0.25) is 4.40 Å². The van der Waals surface area contributed by atoms with Gasteiger partial charge >= 0.3 is 0 Å². The van der Waals surface area contributed by atoms with E-state index in [1.807, 2.05) is 11.6 Å². The minimum atomic E-state index is 0.502. The number of fused-ring (bicyclic) bond motifs is 1. The van der Waals surface area contributed by atoms with Crippen molar-refractivity contribution in [3.05, 3.63) is 39.7 Å². The lowest BCUT2D eigenvalue weighted by Gasteiger charge is -2.16. The zero-order chi connectivity index (χ0) is 12.5. The molecule has 0 bridgehead atoms. The van der Waals surface area contributed by atoms with Crippen LogP contribution in [0.1, 0.15) is 10.6 Å². The quantitative estimate of drug-likeness (QED) is 0.798. The summed E-state index contributed by atoms with van der Waals surface area (Å²) in [4.78, 5) is 9.15. The lowest BCUT2D eigenvalue weighted by molar-refractivity contribution is 0.883. The highest BCUT2D eigenvalue weighted by Crippen LogP contribution is 2.25. The van der Waals surface area contributed by atoms with Gasteiger partial charge in [-0.05, 0) is 11.4 Å². The van der Waals surface area contributed by atoms with Gasteiger partial charge in [-0.2, -0.15) is 0 Å². The fourth-order valence-corrected chi connectivity index (χ4v) is 3.51. The first-order valence-electron chi connectivity index (χ1n) is 5.67. The van der Waals surface area contributed by atoms with Crippen molar-refractivity contribution >= 4 is 33.5 Å². The number of nitrogens with zero attached hydrogens (tertiary/aromatic N) is 3. The molecule has 0 aliphatic carbocycles. The van der Waals surface area contributed by atoms with Crippen LogP contribution in [0.4, 0.5) is 5.82 Å². The van der Waals surface area contributed by atoms with Gasteiger partial charge < -0.3 is 10.6 Å². The molecule has 0 radical (unpaired) electrons. The molecule has 0 fully saturated rings. The zero-order valence-corrected chi connectivity index (χ0v) is 11.7. The molecule has 2 N–H and O–H groups in total. The predicted molar refractivity (Wildman–Crippen MR) is 77.4 cm³/mol. The maximum Gasteiger partial charge on any atom is 0.195 e. The molecule has 3 aromatic rings. The summed E-state index contributed by atoms with van der Waals surface area (Å²) in [5.74, 6) is 0.984. The molecule has 18 heavy (non-hydrogen) atoms. The van der Waals surface area contributed by atoms with E-state index in [2.05, 4.69) is 38.8 Å². The molecule has 0 amide bonds. The second kappa shape index (κ2) is 4.72. The number of thiophene rings is 1. The smallest absolute Gasteiger partial charge is 0.195 e. The maximum atomic E-state index is 5.85. The Morgan fingerprint density at radius 1 is 1.39 bits per heavy atom. The van der Waals surface area contributed by atoms with E-state index in [9.17, 15) is 0 Å². The fraction of sp³-hybridized carbons (Fsp3) is 0.250. The van der Waals surface area contributed by atoms with Crippen LogP contribution in [0.3, 0.4) is 0 Å². The van der Waals surface area contributed by atoms with Crippen LogP contribution in [0.5, 0.6) is 0 Å². The molecule has 0 aromatic carbocycles. The van der Waals surface area contributed by atoms with Crippen LogP contribution in [0.2, 0.25) is 0 Å². The largest absolute Gasteiger partial charge is 0.353 e. The zero-order valence-electron chi connectivity index (χ0n) is 10.0. The second-order valence-electron chi connectivity index (χ2n) is 4.08. The van der Waals surface area contributed by atoms with Gasteiger partial charge in [0.1, 0.15) is 0 Å². The van der Waals surface area contributed by atoms with Crippen molar-refractivity contribution in [1.29, 1.82) is 0 Å². The van der Waals surface area contributed by atoms with Crippen molar-refractivity contribution < 1.29 is 0 Å². The summed E-state index contributed by atoms with van der Waals surface area (Å²) in [7, 11) is 2.06. The SMILES string of the molecule is CN(Cc1cccs1)c1nc2sccn2c1CN. The Balaban J connectivity index is 1.95. The third-order valence-corrected chi connectivity index (χ3v) is 4.49. The highest BCUT2D eigenvalue weighted by molar-refractivity contribution is 7.15. The molecule has 3 aromatic heterocycles. The van der Waals surface area contributed by atoms with Gasteiger partial charge in [0.2, 0.25) is 0 Å². The van der Waals surface area contributed by atoms with Gasteiger partial charge in [-0.15, -0.1) is 22.7 Å². The van der Waals surface area contributed by atoms with Crippen LogP contribution in [0.15, 0.2) is 29.1 Å². The van der Waals surface area contributed by atoms with Crippen molar-refractivity contribution in [3.63, 3.8) is 0 Å². The van der Waals surface area contributed by atoms with E-state index in [0.29, 0.717) is 6.54 Å². The molecule has 0 spiro atoms. The Morgan fingerprint density at radius 3 is 3.00 bits per heavy atom. The number of nitrogens with two attached hydrogens (primary N) is 1. The highest BCUT2D eigenvalue weighted by Gasteiger charge is 2.15. The van der Waals surface area contributed by atoms with E-state index in [-0.39, 0.29) is 0 Å². The second-order valence-corrected chi connectivity index (χ2v) is 5.98. The average molecular weight is 278 g/mol. The van der Waals surface area contributed by atoms with Crippen molar-refractivity contribution in [2.75, 3.05) is 11.9 Å². The van der Waals surface area contributed by atoms with Gasteiger partial charge in [0.05, 0.1) is 12.2 Å². The summed E-state index contributed by atoms with van der Waals surface area (Å²) in [6.07, 6.45) is 2.03. The molecule has 0 saturated carbocycles. The lowest BCUT2D eigenvalue weighted by atomic mass is 10.3. The molecule has 94 valence electrons. The predicted octanol–water partition coefficient (Wildman–Crippen LogP) is 2.55. The molecule has 3 heterocycles. The van der Waals surface area contributed by atoms with Gasteiger partial charge in [0.25, 0.3) is 0 Å². The highest BCUT2D eigenvalue weighted by atomic mass is 32.1. The number of hydrogen-bond acceptors (Lipinski definition) is 5. The van der Waals surface area contributed by atoms with E-state index in [0.717, 1.165) is 23.0 Å². The van der Waals surface area contributed by atoms with Crippen molar-refractivity contribution in [2.45, 2.75) is 13.1 Å². The fourth-order valence-electron chi connectivity index (χ4n) is 2.03. The first kappa shape index (κ1) is 11.7. The summed E-state index contributed by atoms with van der Waals surface area (Å²) in [6, 6.07) is 4.21. The number of anilines is 1. The van der Waals surface area contributed by atoms with Crippen LogP contribution in [0.25, 0.3) is 4.96 Å². The standard InChI is InChI=1S/C12H14N4S2/c1-15(8-9-3-2-5-17-9)11-10(7-13)16-4-6-18-12(16)14-11/h2-6H,7-8,13H2,1H3. The van der Waals surface area contributed by atoms with Gasteiger partial charge in [0, 0.05) is 30.0 Å². The number of imidazole rings is 1.